The lowest BCUT2D eigenvalue weighted by Crippen LogP contribution is -2.32. The van der Waals surface area contributed by atoms with Crippen molar-refractivity contribution in [2.75, 3.05) is 7.05 Å². The van der Waals surface area contributed by atoms with Gasteiger partial charge in [0.1, 0.15) is 0 Å². The first-order valence-corrected chi connectivity index (χ1v) is 6.18. The molecular formula is C12H22ClN3. The van der Waals surface area contributed by atoms with Gasteiger partial charge in [-0.05, 0) is 18.9 Å². The SMILES string of the molecule is CCCn1ncc(Cl)c1C(NC)C(C)(C)C. The molecule has 1 atom stereocenters. The highest BCUT2D eigenvalue weighted by molar-refractivity contribution is 6.31. The predicted molar refractivity (Wildman–Crippen MR) is 68.8 cm³/mol. The summed E-state index contributed by atoms with van der Waals surface area (Å²) in [5, 5.41) is 8.42. The van der Waals surface area contributed by atoms with Gasteiger partial charge in [0.15, 0.2) is 0 Å². The summed E-state index contributed by atoms with van der Waals surface area (Å²) in [5.41, 5.74) is 1.21. The lowest BCUT2D eigenvalue weighted by atomic mass is 9.85. The van der Waals surface area contributed by atoms with E-state index in [9.17, 15) is 0 Å². The molecule has 1 N–H and O–H groups in total. The number of rotatable bonds is 4. The van der Waals surface area contributed by atoms with E-state index in [2.05, 4.69) is 38.1 Å². The monoisotopic (exact) mass is 243 g/mol. The van der Waals surface area contributed by atoms with Crippen LogP contribution in [0.3, 0.4) is 0 Å². The van der Waals surface area contributed by atoms with Gasteiger partial charge in [0.2, 0.25) is 0 Å². The second kappa shape index (κ2) is 5.19. The van der Waals surface area contributed by atoms with Gasteiger partial charge in [-0.15, -0.1) is 0 Å². The highest BCUT2D eigenvalue weighted by Gasteiger charge is 2.29. The lowest BCUT2D eigenvalue weighted by molar-refractivity contribution is 0.271. The summed E-state index contributed by atoms with van der Waals surface area (Å²) in [6.45, 7) is 9.66. The van der Waals surface area contributed by atoms with E-state index in [0.717, 1.165) is 23.7 Å². The van der Waals surface area contributed by atoms with Crippen LogP contribution in [0.25, 0.3) is 0 Å². The largest absolute Gasteiger partial charge is 0.311 e. The van der Waals surface area contributed by atoms with Gasteiger partial charge in [-0.3, -0.25) is 4.68 Å². The number of halogens is 1. The Bertz CT molecular complexity index is 339. The number of nitrogens with zero attached hydrogens (tertiary/aromatic N) is 2. The van der Waals surface area contributed by atoms with Gasteiger partial charge in [-0.25, -0.2) is 0 Å². The molecule has 0 fully saturated rings. The molecule has 0 bridgehead atoms. The third kappa shape index (κ3) is 2.77. The first-order valence-electron chi connectivity index (χ1n) is 5.80. The molecule has 1 rings (SSSR count). The smallest absolute Gasteiger partial charge is 0.0834 e. The molecule has 1 heterocycles. The minimum Gasteiger partial charge on any atom is -0.311 e. The molecule has 16 heavy (non-hydrogen) atoms. The molecule has 0 aliphatic rings. The zero-order chi connectivity index (χ0) is 12.3. The van der Waals surface area contributed by atoms with Crippen LogP contribution < -0.4 is 5.32 Å². The molecule has 1 aromatic heterocycles. The van der Waals surface area contributed by atoms with Crippen LogP contribution in [0, 0.1) is 5.41 Å². The fourth-order valence-electron chi connectivity index (χ4n) is 2.03. The van der Waals surface area contributed by atoms with Crippen LogP contribution in [0.5, 0.6) is 0 Å². The van der Waals surface area contributed by atoms with E-state index in [1.807, 2.05) is 11.7 Å². The maximum absolute atomic E-state index is 6.24. The van der Waals surface area contributed by atoms with Crippen molar-refractivity contribution in [3.05, 3.63) is 16.9 Å². The molecule has 0 aromatic carbocycles. The van der Waals surface area contributed by atoms with Crippen LogP contribution in [-0.2, 0) is 6.54 Å². The van der Waals surface area contributed by atoms with E-state index < -0.39 is 0 Å². The number of nitrogens with one attached hydrogen (secondary N) is 1. The molecule has 0 radical (unpaired) electrons. The maximum atomic E-state index is 6.24. The molecule has 0 saturated heterocycles. The Kier molecular flexibility index (Phi) is 4.39. The standard InChI is InChI=1S/C12H22ClN3/c1-6-7-16-10(9(13)8-15-16)11(14-5)12(2,3)4/h8,11,14H,6-7H2,1-5H3. The molecule has 3 nitrogen and oxygen atoms in total. The zero-order valence-corrected chi connectivity index (χ0v) is 11.6. The molecule has 0 aliphatic heterocycles. The highest BCUT2D eigenvalue weighted by Crippen LogP contribution is 2.35. The van der Waals surface area contributed by atoms with E-state index in [1.165, 1.54) is 0 Å². The summed E-state index contributed by atoms with van der Waals surface area (Å²) in [6.07, 6.45) is 2.80. The molecule has 92 valence electrons. The average Bonchev–Trinajstić information content (AvgIpc) is 2.49. The first kappa shape index (κ1) is 13.5. The number of hydrogen-bond acceptors (Lipinski definition) is 2. The maximum Gasteiger partial charge on any atom is 0.0834 e. The zero-order valence-electron chi connectivity index (χ0n) is 10.8. The number of aryl methyl sites for hydroxylation is 1. The quantitative estimate of drug-likeness (QED) is 0.880. The lowest BCUT2D eigenvalue weighted by Gasteiger charge is -2.31. The van der Waals surface area contributed by atoms with Crippen molar-refractivity contribution in [2.45, 2.75) is 46.7 Å². The van der Waals surface area contributed by atoms with E-state index in [0.29, 0.717) is 0 Å². The molecule has 0 amide bonds. The van der Waals surface area contributed by atoms with Crippen LogP contribution in [0.15, 0.2) is 6.20 Å². The summed E-state index contributed by atoms with van der Waals surface area (Å²) in [4.78, 5) is 0. The molecule has 1 unspecified atom stereocenters. The van der Waals surface area contributed by atoms with E-state index >= 15 is 0 Å². The Morgan fingerprint density at radius 3 is 2.56 bits per heavy atom. The summed E-state index contributed by atoms with van der Waals surface area (Å²) >= 11 is 6.24. The van der Waals surface area contributed by atoms with E-state index in [-0.39, 0.29) is 11.5 Å². The number of hydrogen-bond donors (Lipinski definition) is 1. The van der Waals surface area contributed by atoms with Crippen molar-refractivity contribution in [2.24, 2.45) is 5.41 Å². The second-order valence-electron chi connectivity index (χ2n) is 5.19. The molecule has 0 saturated carbocycles. The molecule has 0 aliphatic carbocycles. The predicted octanol–water partition coefficient (Wildman–Crippen LogP) is 3.25. The Hall–Kier alpha value is -0.540. The topological polar surface area (TPSA) is 29.9 Å². The van der Waals surface area contributed by atoms with Crippen molar-refractivity contribution in [1.82, 2.24) is 15.1 Å². The Balaban J connectivity index is 3.13. The Labute approximate surface area is 103 Å². The Morgan fingerprint density at radius 2 is 2.12 bits per heavy atom. The molecule has 1 aromatic rings. The summed E-state index contributed by atoms with van der Waals surface area (Å²) in [5.74, 6) is 0. The van der Waals surface area contributed by atoms with Gasteiger partial charge >= 0.3 is 0 Å². The summed E-state index contributed by atoms with van der Waals surface area (Å²) in [6, 6.07) is 0.217. The third-order valence-corrected chi connectivity index (χ3v) is 2.99. The summed E-state index contributed by atoms with van der Waals surface area (Å²) in [7, 11) is 1.97. The Morgan fingerprint density at radius 1 is 1.50 bits per heavy atom. The normalized spacial score (nSPS) is 14.1. The van der Waals surface area contributed by atoms with Gasteiger partial charge in [0.25, 0.3) is 0 Å². The van der Waals surface area contributed by atoms with Crippen LogP contribution in [0.4, 0.5) is 0 Å². The second-order valence-corrected chi connectivity index (χ2v) is 5.60. The van der Waals surface area contributed by atoms with Crippen molar-refractivity contribution >= 4 is 11.6 Å². The van der Waals surface area contributed by atoms with Crippen molar-refractivity contribution in [3.63, 3.8) is 0 Å². The number of aromatic nitrogens is 2. The fraction of sp³-hybridized carbons (Fsp3) is 0.750. The molecule has 4 heteroatoms. The molecular weight excluding hydrogens is 222 g/mol. The minimum absolute atomic E-state index is 0.115. The highest BCUT2D eigenvalue weighted by atomic mass is 35.5. The van der Waals surface area contributed by atoms with Gasteiger partial charge in [0.05, 0.1) is 23.0 Å². The van der Waals surface area contributed by atoms with Gasteiger partial charge in [-0.1, -0.05) is 39.3 Å². The van der Waals surface area contributed by atoms with E-state index in [4.69, 9.17) is 11.6 Å². The van der Waals surface area contributed by atoms with Crippen LogP contribution in [0.2, 0.25) is 5.02 Å². The van der Waals surface area contributed by atoms with E-state index in [1.54, 1.807) is 6.20 Å². The van der Waals surface area contributed by atoms with Gasteiger partial charge in [-0.2, -0.15) is 5.10 Å². The fourth-order valence-corrected chi connectivity index (χ4v) is 2.28. The molecule has 0 spiro atoms. The van der Waals surface area contributed by atoms with Gasteiger partial charge < -0.3 is 5.32 Å². The van der Waals surface area contributed by atoms with Crippen LogP contribution in [0.1, 0.15) is 45.9 Å². The van der Waals surface area contributed by atoms with Crippen molar-refractivity contribution in [1.29, 1.82) is 0 Å². The van der Waals surface area contributed by atoms with Crippen molar-refractivity contribution in [3.8, 4) is 0 Å². The summed E-state index contributed by atoms with van der Waals surface area (Å²) < 4.78 is 2.01. The average molecular weight is 244 g/mol. The van der Waals surface area contributed by atoms with Gasteiger partial charge in [0, 0.05) is 6.54 Å². The van der Waals surface area contributed by atoms with Crippen LogP contribution >= 0.6 is 11.6 Å². The van der Waals surface area contributed by atoms with Crippen molar-refractivity contribution < 1.29 is 0 Å². The first-order chi connectivity index (χ1) is 7.41. The third-order valence-electron chi connectivity index (χ3n) is 2.70. The minimum atomic E-state index is 0.115. The van der Waals surface area contributed by atoms with Crippen LogP contribution in [-0.4, -0.2) is 16.8 Å².